The van der Waals surface area contributed by atoms with Crippen molar-refractivity contribution in [3.05, 3.63) is 0 Å². The maximum Gasteiger partial charge on any atom is 0.405 e. The van der Waals surface area contributed by atoms with Crippen LogP contribution in [0.4, 0.5) is 13.6 Å². The zero-order valence-corrected chi connectivity index (χ0v) is 23.2. The molecule has 0 bridgehead atoms. The smallest absolute Gasteiger partial charge is 0.405 e. The van der Waals surface area contributed by atoms with E-state index >= 15 is 0 Å². The molecule has 1 aliphatic heterocycles. The second kappa shape index (κ2) is 12.2. The van der Waals surface area contributed by atoms with Gasteiger partial charge in [0.05, 0.1) is 6.04 Å². The molecule has 0 radical (unpaired) electrons. The van der Waals surface area contributed by atoms with Crippen LogP contribution >= 0.6 is 0 Å². The molecular weight excluding hydrogens is 514 g/mol. The van der Waals surface area contributed by atoms with Gasteiger partial charge in [-0.15, -0.1) is 0 Å². The Kier molecular flexibility index (Phi) is 9.59. The number of ketones is 1. The molecule has 4 atom stereocenters. The topological polar surface area (TPSA) is 145 Å². The van der Waals surface area contributed by atoms with E-state index in [9.17, 15) is 37.9 Å². The monoisotopic (exact) mass is 556 g/mol. The molecule has 3 rings (SSSR count). The summed E-state index contributed by atoms with van der Waals surface area (Å²) in [4.78, 5) is 65.5. The summed E-state index contributed by atoms with van der Waals surface area (Å²) in [5.41, 5.74) is -0.798. The van der Waals surface area contributed by atoms with Crippen LogP contribution in [0.15, 0.2) is 0 Å². The number of hydrogen-bond acceptors (Lipinski definition) is 5. The fraction of sp³-hybridized carbons (Fsp3) is 0.815. The van der Waals surface area contributed by atoms with Gasteiger partial charge in [0, 0.05) is 19.0 Å². The number of hydrogen-bond donors (Lipinski definition) is 4. The number of rotatable bonds is 11. The van der Waals surface area contributed by atoms with Crippen molar-refractivity contribution in [1.82, 2.24) is 20.9 Å². The maximum atomic E-state index is 13.7. The maximum absolute atomic E-state index is 13.7. The number of carbonyl (C=O) groups excluding carboxylic acids is 4. The predicted octanol–water partition coefficient (Wildman–Crippen LogP) is 2.84. The first-order chi connectivity index (χ1) is 18.1. The Labute approximate surface area is 228 Å². The lowest BCUT2D eigenvalue weighted by Gasteiger charge is -2.35. The van der Waals surface area contributed by atoms with Crippen molar-refractivity contribution in [2.75, 3.05) is 6.54 Å². The zero-order chi connectivity index (χ0) is 29.1. The summed E-state index contributed by atoms with van der Waals surface area (Å²) in [7, 11) is 0. The van der Waals surface area contributed by atoms with E-state index in [2.05, 4.69) is 16.0 Å². The molecular formula is C27H42F2N4O6. The van der Waals surface area contributed by atoms with Gasteiger partial charge in [-0.25, -0.2) is 13.6 Å². The van der Waals surface area contributed by atoms with E-state index in [1.807, 2.05) is 0 Å². The van der Waals surface area contributed by atoms with Crippen molar-refractivity contribution in [2.24, 2.45) is 17.3 Å². The number of nitrogens with zero attached hydrogens (tertiary/aromatic N) is 1. The predicted molar refractivity (Wildman–Crippen MR) is 138 cm³/mol. The molecule has 0 aromatic rings. The number of carboxylic acid groups (broad SMARTS) is 1. The van der Waals surface area contributed by atoms with Crippen molar-refractivity contribution in [2.45, 2.75) is 116 Å². The Morgan fingerprint density at radius 2 is 1.56 bits per heavy atom. The first-order valence-electron chi connectivity index (χ1n) is 13.9. The standard InChI is InChI=1S/C27H42F2N4O6/c1-26(2,3)21(32-25(38)39)24(37)33-14-16(15-7-5-6-8-15)13-19(33)22(35)31-18(11-12-27(4,28)29)20(34)23(36)30-17-9-10-17/h15-19,21,32H,5-14H2,1-4H3,(H,30,36)(H,31,35)(H,38,39)/t16?,18-,19-,21+/m0/s1. The summed E-state index contributed by atoms with van der Waals surface area (Å²) in [6, 6.07) is -3.75. The second-order valence-corrected chi connectivity index (χ2v) is 12.6. The SMILES string of the molecule is CC(F)(F)CC[C@H](NC(=O)[C@@H]1CC(C2CCCC2)CN1C(=O)[C@@H](NC(=O)O)C(C)(C)C)C(=O)C(=O)NC1CC1. The molecule has 2 aliphatic carbocycles. The Morgan fingerprint density at radius 1 is 0.949 bits per heavy atom. The molecule has 4 N–H and O–H groups in total. The van der Waals surface area contributed by atoms with Gasteiger partial charge < -0.3 is 26.0 Å². The fourth-order valence-electron chi connectivity index (χ4n) is 5.65. The van der Waals surface area contributed by atoms with Crippen molar-refractivity contribution in [3.63, 3.8) is 0 Å². The number of carbonyl (C=O) groups is 5. The lowest BCUT2D eigenvalue weighted by Crippen LogP contribution is -2.59. The zero-order valence-electron chi connectivity index (χ0n) is 23.2. The molecule has 220 valence electrons. The van der Waals surface area contributed by atoms with Crippen LogP contribution in [0, 0.1) is 17.3 Å². The van der Waals surface area contributed by atoms with E-state index in [-0.39, 0.29) is 18.5 Å². The number of halogens is 2. The molecule has 10 nitrogen and oxygen atoms in total. The normalized spacial score (nSPS) is 23.7. The van der Waals surface area contributed by atoms with Crippen LogP contribution in [0.25, 0.3) is 0 Å². The third-order valence-corrected chi connectivity index (χ3v) is 8.01. The van der Waals surface area contributed by atoms with Gasteiger partial charge in [0.1, 0.15) is 12.1 Å². The third kappa shape index (κ3) is 8.60. The molecule has 1 saturated heterocycles. The largest absolute Gasteiger partial charge is 0.465 e. The van der Waals surface area contributed by atoms with Crippen LogP contribution in [0.5, 0.6) is 0 Å². The van der Waals surface area contributed by atoms with Gasteiger partial charge in [-0.3, -0.25) is 19.2 Å². The second-order valence-electron chi connectivity index (χ2n) is 12.6. The molecule has 1 heterocycles. The summed E-state index contributed by atoms with van der Waals surface area (Å²) in [6.07, 6.45) is 3.26. The van der Waals surface area contributed by atoms with Crippen LogP contribution in [-0.4, -0.2) is 76.2 Å². The van der Waals surface area contributed by atoms with E-state index < -0.39 is 71.9 Å². The Morgan fingerprint density at radius 3 is 2.08 bits per heavy atom. The molecule has 4 amide bonds. The molecule has 3 aliphatic rings. The van der Waals surface area contributed by atoms with E-state index in [0.29, 0.717) is 19.3 Å². The third-order valence-electron chi connectivity index (χ3n) is 8.01. The lowest BCUT2D eigenvalue weighted by molar-refractivity contribution is -0.144. The quantitative estimate of drug-likeness (QED) is 0.288. The number of alkyl halides is 2. The molecule has 39 heavy (non-hydrogen) atoms. The molecule has 2 saturated carbocycles. The highest BCUT2D eigenvalue weighted by Gasteiger charge is 2.47. The summed E-state index contributed by atoms with van der Waals surface area (Å²) < 4.78 is 27.3. The van der Waals surface area contributed by atoms with Crippen molar-refractivity contribution >= 4 is 29.6 Å². The van der Waals surface area contributed by atoms with Gasteiger partial charge >= 0.3 is 6.09 Å². The fourth-order valence-corrected chi connectivity index (χ4v) is 5.65. The number of likely N-dealkylation sites (tertiary alicyclic amines) is 1. The molecule has 0 aromatic carbocycles. The van der Waals surface area contributed by atoms with Crippen LogP contribution in [-0.2, 0) is 19.2 Å². The number of amides is 4. The highest BCUT2D eigenvalue weighted by molar-refractivity contribution is 6.38. The minimum atomic E-state index is -3.11. The summed E-state index contributed by atoms with van der Waals surface area (Å²) in [6.45, 7) is 6.09. The molecule has 3 fully saturated rings. The van der Waals surface area contributed by atoms with Crippen LogP contribution in [0.1, 0.15) is 85.5 Å². The molecule has 1 unspecified atom stereocenters. The van der Waals surface area contributed by atoms with E-state index in [1.54, 1.807) is 20.8 Å². The summed E-state index contributed by atoms with van der Waals surface area (Å²) in [5, 5.41) is 16.7. The van der Waals surface area contributed by atoms with Crippen LogP contribution in [0.2, 0.25) is 0 Å². The average Bonchev–Trinajstić information content (AvgIpc) is 3.29. The number of nitrogens with one attached hydrogen (secondary N) is 3. The van der Waals surface area contributed by atoms with Crippen LogP contribution < -0.4 is 16.0 Å². The highest BCUT2D eigenvalue weighted by Crippen LogP contribution is 2.39. The molecule has 12 heteroatoms. The Balaban J connectivity index is 1.84. The minimum absolute atomic E-state index is 0.00457. The van der Waals surface area contributed by atoms with Gasteiger partial charge in [0.25, 0.3) is 5.91 Å². The first-order valence-corrected chi connectivity index (χ1v) is 13.9. The van der Waals surface area contributed by atoms with E-state index in [1.165, 1.54) is 4.90 Å². The van der Waals surface area contributed by atoms with Crippen molar-refractivity contribution in [3.8, 4) is 0 Å². The number of Topliss-reactive ketones (excluding diaryl/α,β-unsaturated/α-hetero) is 1. The molecule has 0 spiro atoms. The average molecular weight is 557 g/mol. The van der Waals surface area contributed by atoms with Gasteiger partial charge in [-0.2, -0.15) is 0 Å². The summed E-state index contributed by atoms with van der Waals surface area (Å²) >= 11 is 0. The first kappa shape index (κ1) is 30.7. The lowest BCUT2D eigenvalue weighted by atomic mass is 9.85. The van der Waals surface area contributed by atoms with E-state index in [4.69, 9.17) is 0 Å². The van der Waals surface area contributed by atoms with Gasteiger partial charge in [0.2, 0.25) is 23.5 Å². The summed E-state index contributed by atoms with van der Waals surface area (Å²) in [5.74, 6) is -5.98. The Bertz CT molecular complexity index is 953. The minimum Gasteiger partial charge on any atom is -0.465 e. The van der Waals surface area contributed by atoms with Crippen LogP contribution in [0.3, 0.4) is 0 Å². The van der Waals surface area contributed by atoms with Gasteiger partial charge in [-0.05, 0) is 49.9 Å². The van der Waals surface area contributed by atoms with Crippen molar-refractivity contribution < 1.29 is 37.9 Å². The van der Waals surface area contributed by atoms with Gasteiger partial charge in [-0.1, -0.05) is 46.5 Å². The van der Waals surface area contributed by atoms with Crippen molar-refractivity contribution in [1.29, 1.82) is 0 Å². The molecule has 0 aromatic heterocycles. The highest BCUT2D eigenvalue weighted by atomic mass is 19.3. The van der Waals surface area contributed by atoms with Gasteiger partial charge in [0.15, 0.2) is 0 Å². The van der Waals surface area contributed by atoms with E-state index in [0.717, 1.165) is 38.5 Å². The Hall–Kier alpha value is -2.79.